The molecule has 0 bridgehead atoms. The molecule has 0 saturated carbocycles. The number of para-hydroxylation sites is 1. The first-order chi connectivity index (χ1) is 9.22. The minimum Gasteiger partial charge on any atom is -0.384 e. The van der Waals surface area contributed by atoms with Crippen molar-refractivity contribution in [3.05, 3.63) is 29.8 Å². The molecule has 1 aromatic carbocycles. The first kappa shape index (κ1) is 14.1. The van der Waals surface area contributed by atoms with Gasteiger partial charge in [-0.05, 0) is 18.6 Å². The minimum atomic E-state index is -0.754. The number of hydrogen-bond donors (Lipinski definition) is 1. The fourth-order valence-corrected chi connectivity index (χ4v) is 3.15. The van der Waals surface area contributed by atoms with Crippen molar-refractivity contribution in [2.45, 2.75) is 13.3 Å². The Morgan fingerprint density at radius 2 is 2.00 bits per heavy atom. The molecular weight excluding hydrogens is 260 g/mol. The standard InChI is InChI=1S/C14H20N2O2S/c1-2-7-15-13-6-4-3-5-12(13)14(17)16-8-10-19(18)11-9-16/h3-6,15H,2,7-11H2,1H3. The Hall–Kier alpha value is -1.36. The first-order valence-corrected chi connectivity index (χ1v) is 8.18. The average Bonchev–Trinajstić information content (AvgIpc) is 2.45. The Labute approximate surface area is 116 Å². The number of nitrogens with one attached hydrogen (secondary N) is 1. The zero-order chi connectivity index (χ0) is 13.7. The molecule has 1 saturated heterocycles. The summed E-state index contributed by atoms with van der Waals surface area (Å²) in [6.07, 6.45) is 1.02. The van der Waals surface area contributed by atoms with Crippen molar-refractivity contribution in [2.24, 2.45) is 0 Å². The molecule has 0 atom stereocenters. The van der Waals surface area contributed by atoms with Crippen molar-refractivity contribution in [3.8, 4) is 0 Å². The molecule has 1 amide bonds. The molecule has 1 aliphatic heterocycles. The van der Waals surface area contributed by atoms with Crippen LogP contribution in [0.1, 0.15) is 23.7 Å². The van der Waals surface area contributed by atoms with Crippen LogP contribution in [0.3, 0.4) is 0 Å². The third-order valence-electron chi connectivity index (χ3n) is 3.19. The van der Waals surface area contributed by atoms with E-state index in [1.54, 1.807) is 4.90 Å². The molecule has 1 aromatic rings. The monoisotopic (exact) mass is 280 g/mol. The molecule has 2 rings (SSSR count). The molecule has 0 aromatic heterocycles. The van der Waals surface area contributed by atoms with Gasteiger partial charge in [0.05, 0.1) is 5.56 Å². The van der Waals surface area contributed by atoms with Crippen LogP contribution in [0, 0.1) is 0 Å². The summed E-state index contributed by atoms with van der Waals surface area (Å²) in [6, 6.07) is 7.60. The second-order valence-electron chi connectivity index (χ2n) is 4.61. The largest absolute Gasteiger partial charge is 0.384 e. The van der Waals surface area contributed by atoms with E-state index < -0.39 is 10.8 Å². The van der Waals surface area contributed by atoms with Crippen LogP contribution in [0.15, 0.2) is 24.3 Å². The number of carbonyl (C=O) groups is 1. The van der Waals surface area contributed by atoms with Gasteiger partial charge in [-0.3, -0.25) is 9.00 Å². The molecule has 4 nitrogen and oxygen atoms in total. The molecule has 5 heteroatoms. The lowest BCUT2D eigenvalue weighted by Crippen LogP contribution is -2.42. The second kappa shape index (κ2) is 6.70. The zero-order valence-electron chi connectivity index (χ0n) is 11.2. The van der Waals surface area contributed by atoms with Crippen molar-refractivity contribution in [2.75, 3.05) is 36.5 Å². The van der Waals surface area contributed by atoms with Gasteiger partial charge in [0.1, 0.15) is 0 Å². The van der Waals surface area contributed by atoms with Gasteiger partial charge in [0.25, 0.3) is 5.91 Å². The predicted molar refractivity (Wildman–Crippen MR) is 79.0 cm³/mol. The molecule has 0 radical (unpaired) electrons. The van der Waals surface area contributed by atoms with Crippen molar-refractivity contribution in [1.82, 2.24) is 4.90 Å². The number of amides is 1. The van der Waals surface area contributed by atoms with Crippen LogP contribution in [0.5, 0.6) is 0 Å². The van der Waals surface area contributed by atoms with E-state index in [1.807, 2.05) is 24.3 Å². The van der Waals surface area contributed by atoms with Gasteiger partial charge in [-0.1, -0.05) is 19.1 Å². The Balaban J connectivity index is 2.11. The lowest BCUT2D eigenvalue weighted by molar-refractivity contribution is 0.0772. The van der Waals surface area contributed by atoms with Gasteiger partial charge in [-0.15, -0.1) is 0 Å². The van der Waals surface area contributed by atoms with E-state index in [2.05, 4.69) is 12.2 Å². The Bertz CT molecular complexity index is 466. The van der Waals surface area contributed by atoms with Gasteiger partial charge in [0, 0.05) is 47.6 Å². The van der Waals surface area contributed by atoms with E-state index in [0.29, 0.717) is 30.2 Å². The van der Waals surface area contributed by atoms with Gasteiger partial charge >= 0.3 is 0 Å². The summed E-state index contributed by atoms with van der Waals surface area (Å²) in [5, 5.41) is 3.28. The van der Waals surface area contributed by atoms with Crippen LogP contribution in [-0.2, 0) is 10.8 Å². The van der Waals surface area contributed by atoms with Crippen molar-refractivity contribution in [3.63, 3.8) is 0 Å². The maximum atomic E-state index is 12.5. The molecule has 104 valence electrons. The quantitative estimate of drug-likeness (QED) is 0.913. The molecule has 0 spiro atoms. The maximum Gasteiger partial charge on any atom is 0.256 e. The fraction of sp³-hybridized carbons (Fsp3) is 0.500. The van der Waals surface area contributed by atoms with Crippen LogP contribution in [-0.4, -0.2) is 46.2 Å². The molecule has 19 heavy (non-hydrogen) atoms. The Morgan fingerprint density at radius 1 is 1.32 bits per heavy atom. The predicted octanol–water partition coefficient (Wildman–Crippen LogP) is 1.71. The Kier molecular flexibility index (Phi) is 4.96. The molecular formula is C14H20N2O2S. The molecule has 1 fully saturated rings. The van der Waals surface area contributed by atoms with Crippen molar-refractivity contribution < 1.29 is 9.00 Å². The highest BCUT2D eigenvalue weighted by atomic mass is 32.2. The summed E-state index contributed by atoms with van der Waals surface area (Å²) in [5.74, 6) is 1.22. The molecule has 0 unspecified atom stereocenters. The number of nitrogens with zero attached hydrogens (tertiary/aromatic N) is 1. The lowest BCUT2D eigenvalue weighted by atomic mass is 10.1. The SMILES string of the molecule is CCCNc1ccccc1C(=O)N1CCS(=O)CC1. The highest BCUT2D eigenvalue weighted by Crippen LogP contribution is 2.18. The molecule has 1 heterocycles. The third-order valence-corrected chi connectivity index (χ3v) is 4.46. The number of benzene rings is 1. The van der Waals surface area contributed by atoms with Crippen LogP contribution < -0.4 is 5.32 Å². The van der Waals surface area contributed by atoms with Gasteiger partial charge < -0.3 is 10.2 Å². The number of rotatable bonds is 4. The zero-order valence-corrected chi connectivity index (χ0v) is 12.0. The third kappa shape index (κ3) is 3.56. The van der Waals surface area contributed by atoms with E-state index in [9.17, 15) is 9.00 Å². The van der Waals surface area contributed by atoms with Gasteiger partial charge in [0.15, 0.2) is 0 Å². The Morgan fingerprint density at radius 3 is 2.68 bits per heavy atom. The number of hydrogen-bond acceptors (Lipinski definition) is 3. The topological polar surface area (TPSA) is 49.4 Å². The van der Waals surface area contributed by atoms with Gasteiger partial charge in [0.2, 0.25) is 0 Å². The summed E-state index contributed by atoms with van der Waals surface area (Å²) in [4.78, 5) is 14.3. The lowest BCUT2D eigenvalue weighted by Gasteiger charge is -2.27. The molecule has 0 aliphatic carbocycles. The molecule has 1 N–H and O–H groups in total. The first-order valence-electron chi connectivity index (χ1n) is 6.69. The average molecular weight is 280 g/mol. The summed E-state index contributed by atoms with van der Waals surface area (Å²) in [5.41, 5.74) is 1.60. The van der Waals surface area contributed by atoms with E-state index in [-0.39, 0.29) is 5.91 Å². The van der Waals surface area contributed by atoms with E-state index in [1.165, 1.54) is 0 Å². The van der Waals surface area contributed by atoms with Crippen LogP contribution in [0.4, 0.5) is 5.69 Å². The second-order valence-corrected chi connectivity index (χ2v) is 6.31. The van der Waals surface area contributed by atoms with Crippen LogP contribution in [0.2, 0.25) is 0 Å². The minimum absolute atomic E-state index is 0.0379. The fourth-order valence-electron chi connectivity index (χ4n) is 2.09. The normalized spacial score (nSPS) is 16.4. The summed E-state index contributed by atoms with van der Waals surface area (Å²) < 4.78 is 11.3. The smallest absolute Gasteiger partial charge is 0.256 e. The molecule has 1 aliphatic rings. The van der Waals surface area contributed by atoms with Crippen molar-refractivity contribution in [1.29, 1.82) is 0 Å². The van der Waals surface area contributed by atoms with Gasteiger partial charge in [-0.25, -0.2) is 0 Å². The highest BCUT2D eigenvalue weighted by molar-refractivity contribution is 7.85. The number of anilines is 1. The summed E-state index contributed by atoms with van der Waals surface area (Å²) in [7, 11) is -0.754. The van der Waals surface area contributed by atoms with Crippen LogP contribution >= 0.6 is 0 Å². The number of carbonyl (C=O) groups excluding carboxylic acids is 1. The highest BCUT2D eigenvalue weighted by Gasteiger charge is 2.22. The maximum absolute atomic E-state index is 12.5. The summed E-state index contributed by atoms with van der Waals surface area (Å²) in [6.45, 7) is 4.13. The van der Waals surface area contributed by atoms with Crippen molar-refractivity contribution >= 4 is 22.4 Å². The summed E-state index contributed by atoms with van der Waals surface area (Å²) >= 11 is 0. The van der Waals surface area contributed by atoms with Gasteiger partial charge in [-0.2, -0.15) is 0 Å². The van der Waals surface area contributed by atoms with E-state index in [4.69, 9.17) is 0 Å². The van der Waals surface area contributed by atoms with Crippen LogP contribution in [0.25, 0.3) is 0 Å². The van der Waals surface area contributed by atoms with E-state index >= 15 is 0 Å². The van der Waals surface area contributed by atoms with E-state index in [0.717, 1.165) is 18.7 Å².